The Kier molecular flexibility index (Phi) is 5.75. The molecule has 0 bridgehead atoms. The standard InChI is InChI=1S/C21H26Cl2N8/c1-28-6-5-17(15(24)13-28)29-7-9-30(10-8-29)19-12-25-21-16(27-19)11-26-31(21)18-4-2-3-14(22)20(18)23/h2-4,11-12,15,17H,5-10,13,24H2,1H3/t15-,17?/m1/s1. The van der Waals surface area contributed by atoms with Crippen molar-refractivity contribution in [3.05, 3.63) is 40.6 Å². The molecule has 31 heavy (non-hydrogen) atoms. The number of benzene rings is 1. The topological polar surface area (TPSA) is 79.3 Å². The molecule has 2 atom stereocenters. The zero-order valence-electron chi connectivity index (χ0n) is 17.5. The molecule has 2 aliphatic rings. The SMILES string of the molecule is CN1CCC(N2CCN(c3cnc4c(cnn4-c4cccc(Cl)c4Cl)n3)CC2)[C@H](N)C1. The number of piperidine rings is 1. The third-order valence-corrected chi connectivity index (χ3v) is 7.16. The van der Waals surface area contributed by atoms with E-state index >= 15 is 0 Å². The molecule has 2 aromatic heterocycles. The molecular formula is C21H26Cl2N8. The van der Waals surface area contributed by atoms with E-state index in [0.717, 1.165) is 57.0 Å². The predicted octanol–water partition coefficient (Wildman–Crippen LogP) is 2.28. The number of rotatable bonds is 3. The number of likely N-dealkylation sites (N-methyl/N-ethyl adjacent to an activating group) is 1. The lowest BCUT2D eigenvalue weighted by Gasteiger charge is -2.45. The van der Waals surface area contributed by atoms with Crippen molar-refractivity contribution in [3.8, 4) is 5.69 Å². The fourth-order valence-corrected chi connectivity index (χ4v) is 5.04. The molecule has 2 fully saturated rings. The van der Waals surface area contributed by atoms with Crippen molar-refractivity contribution in [2.45, 2.75) is 18.5 Å². The van der Waals surface area contributed by atoms with E-state index in [2.05, 4.69) is 31.8 Å². The van der Waals surface area contributed by atoms with Gasteiger partial charge in [0.25, 0.3) is 0 Å². The van der Waals surface area contributed by atoms with Gasteiger partial charge in [-0.15, -0.1) is 0 Å². The maximum absolute atomic E-state index is 6.43. The molecule has 0 radical (unpaired) electrons. The Morgan fingerprint density at radius 3 is 2.65 bits per heavy atom. The summed E-state index contributed by atoms with van der Waals surface area (Å²) < 4.78 is 1.68. The lowest BCUT2D eigenvalue weighted by molar-refractivity contribution is 0.0964. The van der Waals surface area contributed by atoms with Crippen molar-refractivity contribution in [1.82, 2.24) is 29.5 Å². The van der Waals surface area contributed by atoms with Crippen LogP contribution < -0.4 is 10.6 Å². The molecule has 4 heterocycles. The average Bonchev–Trinajstić information content (AvgIpc) is 3.19. The second-order valence-corrected chi connectivity index (χ2v) is 9.16. The molecule has 0 aliphatic carbocycles. The molecule has 0 amide bonds. The number of halogens is 2. The normalized spacial score (nSPS) is 23.5. The van der Waals surface area contributed by atoms with Gasteiger partial charge < -0.3 is 15.5 Å². The van der Waals surface area contributed by atoms with Gasteiger partial charge in [0.15, 0.2) is 5.65 Å². The van der Waals surface area contributed by atoms with Crippen LogP contribution in [0.2, 0.25) is 10.0 Å². The van der Waals surface area contributed by atoms with Crippen molar-refractivity contribution in [2.24, 2.45) is 5.73 Å². The first-order valence-electron chi connectivity index (χ1n) is 10.6. The lowest BCUT2D eigenvalue weighted by Crippen LogP contribution is -2.61. The lowest BCUT2D eigenvalue weighted by atomic mass is 9.98. The molecule has 5 rings (SSSR count). The number of nitrogens with zero attached hydrogens (tertiary/aromatic N) is 7. The number of piperazine rings is 1. The predicted molar refractivity (Wildman–Crippen MR) is 124 cm³/mol. The summed E-state index contributed by atoms with van der Waals surface area (Å²) in [4.78, 5) is 16.6. The Morgan fingerprint density at radius 1 is 1.06 bits per heavy atom. The van der Waals surface area contributed by atoms with Gasteiger partial charge >= 0.3 is 0 Å². The Balaban J connectivity index is 1.31. The minimum atomic E-state index is 0.214. The Morgan fingerprint density at radius 2 is 1.87 bits per heavy atom. The summed E-state index contributed by atoms with van der Waals surface area (Å²) in [6.07, 6.45) is 4.67. The third kappa shape index (κ3) is 3.99. The van der Waals surface area contributed by atoms with Gasteiger partial charge in [0.2, 0.25) is 0 Å². The van der Waals surface area contributed by atoms with Gasteiger partial charge in [0, 0.05) is 44.8 Å². The molecule has 2 aliphatic heterocycles. The highest BCUT2D eigenvalue weighted by molar-refractivity contribution is 6.43. The van der Waals surface area contributed by atoms with E-state index < -0.39 is 0 Å². The van der Waals surface area contributed by atoms with Gasteiger partial charge in [0.05, 0.1) is 28.1 Å². The maximum Gasteiger partial charge on any atom is 0.181 e. The van der Waals surface area contributed by atoms with E-state index in [9.17, 15) is 0 Å². The van der Waals surface area contributed by atoms with Crippen LogP contribution in [0.4, 0.5) is 5.82 Å². The summed E-state index contributed by atoms with van der Waals surface area (Å²) in [5, 5.41) is 5.37. The largest absolute Gasteiger partial charge is 0.353 e. The molecule has 10 heteroatoms. The second kappa shape index (κ2) is 8.52. The van der Waals surface area contributed by atoms with Crippen LogP contribution in [0.5, 0.6) is 0 Å². The van der Waals surface area contributed by atoms with Crippen LogP contribution >= 0.6 is 23.2 Å². The quantitative estimate of drug-likeness (QED) is 0.641. The first-order chi connectivity index (χ1) is 15.0. The van der Waals surface area contributed by atoms with Crippen LogP contribution in [0.3, 0.4) is 0 Å². The van der Waals surface area contributed by atoms with E-state index in [1.165, 1.54) is 0 Å². The number of hydrogen-bond acceptors (Lipinski definition) is 7. The second-order valence-electron chi connectivity index (χ2n) is 8.37. The van der Waals surface area contributed by atoms with Gasteiger partial charge in [-0.05, 0) is 32.1 Å². The van der Waals surface area contributed by atoms with E-state index in [1.807, 2.05) is 18.3 Å². The maximum atomic E-state index is 6.43. The van der Waals surface area contributed by atoms with Gasteiger partial charge in [-0.2, -0.15) is 5.10 Å². The minimum Gasteiger partial charge on any atom is -0.353 e. The number of hydrogen-bond donors (Lipinski definition) is 1. The molecule has 0 saturated carbocycles. The van der Waals surface area contributed by atoms with Crippen molar-refractivity contribution >= 4 is 40.2 Å². The van der Waals surface area contributed by atoms with Crippen molar-refractivity contribution < 1.29 is 0 Å². The van der Waals surface area contributed by atoms with Crippen molar-refractivity contribution in [1.29, 1.82) is 0 Å². The molecule has 0 spiro atoms. The number of nitrogens with two attached hydrogens (primary N) is 1. The van der Waals surface area contributed by atoms with E-state index in [4.69, 9.17) is 33.9 Å². The number of aromatic nitrogens is 4. The summed E-state index contributed by atoms with van der Waals surface area (Å²) >= 11 is 12.5. The van der Waals surface area contributed by atoms with Crippen molar-refractivity contribution in [2.75, 3.05) is 51.2 Å². The molecule has 2 saturated heterocycles. The number of anilines is 1. The summed E-state index contributed by atoms with van der Waals surface area (Å²) in [6, 6.07) is 6.14. The van der Waals surface area contributed by atoms with E-state index in [1.54, 1.807) is 16.9 Å². The third-order valence-electron chi connectivity index (χ3n) is 6.35. The fraction of sp³-hybridized carbons (Fsp3) is 0.476. The summed E-state index contributed by atoms with van der Waals surface area (Å²) in [6.45, 7) is 5.87. The Labute approximate surface area is 191 Å². The zero-order chi connectivity index (χ0) is 21.5. The highest BCUT2D eigenvalue weighted by Gasteiger charge is 2.32. The van der Waals surface area contributed by atoms with Crippen LogP contribution in [0.1, 0.15) is 6.42 Å². The highest BCUT2D eigenvalue weighted by Crippen LogP contribution is 2.30. The summed E-state index contributed by atoms with van der Waals surface area (Å²) in [7, 11) is 2.14. The molecule has 8 nitrogen and oxygen atoms in total. The van der Waals surface area contributed by atoms with E-state index in [-0.39, 0.29) is 6.04 Å². The average molecular weight is 461 g/mol. The van der Waals surface area contributed by atoms with Crippen LogP contribution in [-0.2, 0) is 0 Å². The first kappa shape index (κ1) is 20.9. The molecule has 1 aromatic carbocycles. The molecule has 3 aromatic rings. The van der Waals surface area contributed by atoms with Gasteiger partial charge in [-0.25, -0.2) is 14.6 Å². The Bertz CT molecular complexity index is 1080. The minimum absolute atomic E-state index is 0.214. The van der Waals surface area contributed by atoms with E-state index in [0.29, 0.717) is 27.4 Å². The van der Waals surface area contributed by atoms with Gasteiger partial charge in [0.1, 0.15) is 11.3 Å². The first-order valence-corrected chi connectivity index (χ1v) is 11.3. The summed E-state index contributed by atoms with van der Waals surface area (Å²) in [5.41, 5.74) is 8.51. The molecule has 1 unspecified atom stereocenters. The molecule has 164 valence electrons. The Hall–Kier alpha value is -1.97. The molecular weight excluding hydrogens is 435 g/mol. The van der Waals surface area contributed by atoms with Crippen LogP contribution in [0, 0.1) is 0 Å². The highest BCUT2D eigenvalue weighted by atomic mass is 35.5. The van der Waals surface area contributed by atoms with Gasteiger partial charge in [-0.1, -0.05) is 29.3 Å². The zero-order valence-corrected chi connectivity index (χ0v) is 19.0. The van der Waals surface area contributed by atoms with Crippen LogP contribution in [-0.4, -0.2) is 87.9 Å². The monoisotopic (exact) mass is 460 g/mol. The van der Waals surface area contributed by atoms with Crippen molar-refractivity contribution in [3.63, 3.8) is 0 Å². The van der Waals surface area contributed by atoms with Crippen LogP contribution in [0.15, 0.2) is 30.6 Å². The molecule has 2 N–H and O–H groups in total. The number of fused-ring (bicyclic) bond motifs is 1. The fourth-order valence-electron chi connectivity index (χ4n) is 4.66. The number of likely N-dealkylation sites (tertiary alicyclic amines) is 1. The van der Waals surface area contributed by atoms with Crippen LogP contribution in [0.25, 0.3) is 16.9 Å². The smallest absolute Gasteiger partial charge is 0.181 e. The summed E-state index contributed by atoms with van der Waals surface area (Å²) in [5.74, 6) is 0.872. The van der Waals surface area contributed by atoms with Gasteiger partial charge in [-0.3, -0.25) is 4.90 Å².